The Morgan fingerprint density at radius 2 is 1.77 bits per heavy atom. The number of benzene rings is 2. The predicted octanol–water partition coefficient (Wildman–Crippen LogP) is 3.11. The smallest absolute Gasteiger partial charge is 0.255 e. The van der Waals surface area contributed by atoms with Crippen LogP contribution in [-0.4, -0.2) is 58.0 Å². The Morgan fingerprint density at radius 3 is 2.40 bits per heavy atom. The van der Waals surface area contributed by atoms with Crippen LogP contribution >= 0.6 is 0 Å². The Bertz CT molecular complexity index is 997. The maximum absolute atomic E-state index is 13.0. The van der Waals surface area contributed by atoms with Crippen molar-refractivity contribution in [3.8, 4) is 0 Å². The van der Waals surface area contributed by atoms with Crippen molar-refractivity contribution in [3.63, 3.8) is 0 Å². The molecule has 3 rings (SSSR count). The van der Waals surface area contributed by atoms with Crippen molar-refractivity contribution in [1.82, 2.24) is 4.31 Å². The number of carbonyl (C=O) groups excluding carboxylic acids is 1. The number of nitrogens with one attached hydrogen (secondary N) is 1. The van der Waals surface area contributed by atoms with Gasteiger partial charge in [-0.25, -0.2) is 8.42 Å². The molecule has 0 radical (unpaired) electrons. The van der Waals surface area contributed by atoms with Gasteiger partial charge in [0.1, 0.15) is 0 Å². The van der Waals surface area contributed by atoms with Crippen LogP contribution in [0.2, 0.25) is 0 Å². The largest absolute Gasteiger partial charge is 0.378 e. The van der Waals surface area contributed by atoms with Crippen molar-refractivity contribution >= 4 is 27.3 Å². The van der Waals surface area contributed by atoms with Crippen LogP contribution in [0.25, 0.3) is 0 Å². The predicted molar refractivity (Wildman–Crippen MR) is 119 cm³/mol. The molecule has 1 amide bonds. The summed E-state index contributed by atoms with van der Waals surface area (Å²) < 4.78 is 32.9. The molecule has 0 spiro atoms. The number of morpholine rings is 1. The number of hydrogen-bond acceptors (Lipinski definition) is 5. The minimum atomic E-state index is -3.64. The van der Waals surface area contributed by atoms with Crippen LogP contribution in [0.15, 0.2) is 47.4 Å². The molecule has 2 aromatic carbocycles. The molecule has 1 heterocycles. The molecule has 0 aromatic heterocycles. The Balaban J connectivity index is 2.02. The van der Waals surface area contributed by atoms with E-state index in [4.69, 9.17) is 4.74 Å². The molecule has 8 heteroatoms. The van der Waals surface area contributed by atoms with Crippen molar-refractivity contribution < 1.29 is 17.9 Å². The topological polar surface area (TPSA) is 79.0 Å². The maximum Gasteiger partial charge on any atom is 0.255 e. The van der Waals surface area contributed by atoms with E-state index in [2.05, 4.69) is 10.2 Å². The van der Waals surface area contributed by atoms with E-state index < -0.39 is 10.0 Å². The van der Waals surface area contributed by atoms with Crippen LogP contribution < -0.4 is 10.2 Å². The van der Waals surface area contributed by atoms with Gasteiger partial charge in [-0.15, -0.1) is 0 Å². The van der Waals surface area contributed by atoms with E-state index in [-0.39, 0.29) is 10.8 Å². The molecule has 0 aliphatic carbocycles. The average molecular weight is 432 g/mol. The highest BCUT2D eigenvalue weighted by Crippen LogP contribution is 2.31. The second-order valence-corrected chi connectivity index (χ2v) is 9.07. The third-order valence-corrected chi connectivity index (χ3v) is 7.35. The number of hydrogen-bond donors (Lipinski definition) is 1. The Labute approximate surface area is 178 Å². The molecule has 0 bridgehead atoms. The van der Waals surface area contributed by atoms with Gasteiger partial charge in [-0.2, -0.15) is 4.31 Å². The van der Waals surface area contributed by atoms with Gasteiger partial charge in [0, 0.05) is 31.7 Å². The summed E-state index contributed by atoms with van der Waals surface area (Å²) in [7, 11) is -3.64. The summed E-state index contributed by atoms with van der Waals surface area (Å²) in [6, 6.07) is 12.3. The Morgan fingerprint density at radius 1 is 1.10 bits per heavy atom. The second kappa shape index (κ2) is 9.59. The maximum atomic E-state index is 13.0. The van der Waals surface area contributed by atoms with Gasteiger partial charge < -0.3 is 15.0 Å². The lowest BCUT2D eigenvalue weighted by Crippen LogP contribution is -2.37. The van der Waals surface area contributed by atoms with Gasteiger partial charge in [0.05, 0.1) is 29.5 Å². The quantitative estimate of drug-likeness (QED) is 0.729. The summed E-state index contributed by atoms with van der Waals surface area (Å²) in [5.41, 5.74) is 2.69. The monoisotopic (exact) mass is 431 g/mol. The highest BCUT2D eigenvalue weighted by Gasteiger charge is 2.25. The molecule has 1 N–H and O–H groups in total. The molecule has 30 heavy (non-hydrogen) atoms. The van der Waals surface area contributed by atoms with Crippen molar-refractivity contribution in [2.45, 2.75) is 25.7 Å². The van der Waals surface area contributed by atoms with E-state index in [1.807, 2.05) is 39.0 Å². The van der Waals surface area contributed by atoms with Crippen molar-refractivity contribution in [3.05, 3.63) is 53.6 Å². The number of sulfonamides is 1. The first-order valence-electron chi connectivity index (χ1n) is 10.2. The van der Waals surface area contributed by atoms with E-state index in [1.54, 1.807) is 24.3 Å². The highest BCUT2D eigenvalue weighted by molar-refractivity contribution is 7.89. The van der Waals surface area contributed by atoms with Gasteiger partial charge in [0.15, 0.2) is 0 Å². The average Bonchev–Trinajstić information content (AvgIpc) is 2.75. The molecule has 0 saturated carbocycles. The van der Waals surface area contributed by atoms with Gasteiger partial charge in [0.25, 0.3) is 5.91 Å². The van der Waals surface area contributed by atoms with E-state index in [0.29, 0.717) is 50.6 Å². The van der Waals surface area contributed by atoms with Crippen LogP contribution in [0.5, 0.6) is 0 Å². The van der Waals surface area contributed by atoms with Gasteiger partial charge in [0.2, 0.25) is 10.0 Å². The zero-order chi connectivity index (χ0) is 21.7. The number of amides is 1. The first-order valence-corrected chi connectivity index (χ1v) is 11.7. The normalized spacial score (nSPS) is 14.7. The third kappa shape index (κ3) is 4.66. The van der Waals surface area contributed by atoms with Crippen molar-refractivity contribution in [1.29, 1.82) is 0 Å². The molecule has 0 unspecified atom stereocenters. The van der Waals surface area contributed by atoms with E-state index in [0.717, 1.165) is 11.3 Å². The van der Waals surface area contributed by atoms with E-state index in [9.17, 15) is 13.2 Å². The molecule has 1 saturated heterocycles. The van der Waals surface area contributed by atoms with Crippen molar-refractivity contribution in [2.75, 3.05) is 49.6 Å². The zero-order valence-corrected chi connectivity index (χ0v) is 18.5. The van der Waals surface area contributed by atoms with Crippen molar-refractivity contribution in [2.24, 2.45) is 0 Å². The first-order chi connectivity index (χ1) is 14.4. The minimum absolute atomic E-state index is 0.170. The number of aryl methyl sites for hydroxylation is 1. The molecular weight excluding hydrogens is 402 g/mol. The number of rotatable bonds is 7. The summed E-state index contributed by atoms with van der Waals surface area (Å²) in [5.74, 6) is -0.264. The standard InChI is InChI=1S/C22H29N3O4S/c1-4-25(5-2)30(27,28)18-10-11-21(24-12-14-29-15-13-24)20(16-18)23-22(26)19-9-7-6-8-17(19)3/h6-11,16H,4-5,12-15H2,1-3H3,(H,23,26). The van der Waals surface area contributed by atoms with Crippen LogP contribution in [0.1, 0.15) is 29.8 Å². The lowest BCUT2D eigenvalue weighted by atomic mass is 10.1. The SMILES string of the molecule is CCN(CC)S(=O)(=O)c1ccc(N2CCOCC2)c(NC(=O)c2ccccc2C)c1. The first kappa shape index (κ1) is 22.3. The number of ether oxygens (including phenoxy) is 1. The molecule has 2 aromatic rings. The van der Waals surface area contributed by atoms with Crippen LogP contribution in [0.3, 0.4) is 0 Å². The number of carbonyl (C=O) groups is 1. The lowest BCUT2D eigenvalue weighted by molar-refractivity contribution is 0.102. The molecule has 1 aliphatic heterocycles. The van der Waals surface area contributed by atoms with Gasteiger partial charge in [-0.1, -0.05) is 32.0 Å². The second-order valence-electron chi connectivity index (χ2n) is 7.14. The van der Waals surface area contributed by atoms with Crippen LogP contribution in [0.4, 0.5) is 11.4 Å². The van der Waals surface area contributed by atoms with Gasteiger partial charge >= 0.3 is 0 Å². The lowest BCUT2D eigenvalue weighted by Gasteiger charge is -2.31. The fourth-order valence-corrected chi connectivity index (χ4v) is 5.07. The molecular formula is C22H29N3O4S. The summed E-state index contributed by atoms with van der Waals surface area (Å²) in [6.07, 6.45) is 0. The zero-order valence-electron chi connectivity index (χ0n) is 17.7. The fourth-order valence-electron chi connectivity index (χ4n) is 3.59. The Hall–Kier alpha value is -2.42. The van der Waals surface area contributed by atoms with Crippen LogP contribution in [0, 0.1) is 6.92 Å². The van der Waals surface area contributed by atoms with E-state index >= 15 is 0 Å². The Kier molecular flexibility index (Phi) is 7.12. The summed E-state index contributed by atoms with van der Waals surface area (Å²) >= 11 is 0. The number of anilines is 2. The molecule has 1 fully saturated rings. The third-order valence-electron chi connectivity index (χ3n) is 5.30. The molecule has 7 nitrogen and oxygen atoms in total. The minimum Gasteiger partial charge on any atom is -0.378 e. The van der Waals surface area contributed by atoms with E-state index in [1.165, 1.54) is 4.31 Å². The summed E-state index contributed by atoms with van der Waals surface area (Å²) in [4.78, 5) is 15.2. The molecule has 1 aliphatic rings. The van der Waals surface area contributed by atoms with Crippen LogP contribution in [-0.2, 0) is 14.8 Å². The van der Waals surface area contributed by atoms with Gasteiger partial charge in [-0.3, -0.25) is 4.79 Å². The fraction of sp³-hybridized carbons (Fsp3) is 0.409. The molecule has 162 valence electrons. The number of nitrogens with zero attached hydrogens (tertiary/aromatic N) is 2. The van der Waals surface area contributed by atoms with Gasteiger partial charge in [-0.05, 0) is 36.8 Å². The summed E-state index contributed by atoms with van der Waals surface area (Å²) in [6.45, 7) is 8.79. The highest BCUT2D eigenvalue weighted by atomic mass is 32.2. The molecule has 0 atom stereocenters. The summed E-state index contributed by atoms with van der Waals surface area (Å²) in [5, 5.41) is 2.95.